The molecule has 0 aliphatic carbocycles. The van der Waals surface area contributed by atoms with Gasteiger partial charge in [0.2, 0.25) is 0 Å². The van der Waals surface area contributed by atoms with Gasteiger partial charge in [-0.3, -0.25) is 0 Å². The largest absolute Gasteiger partial charge is 0.320 e. The van der Waals surface area contributed by atoms with Crippen molar-refractivity contribution in [3.05, 3.63) is 56.4 Å². The minimum absolute atomic E-state index is 0.194. The second-order valence-electron chi connectivity index (χ2n) is 3.16. The summed E-state index contributed by atoms with van der Waals surface area (Å²) in [6.45, 7) is 0. The number of nitrogens with two attached hydrogens (primary N) is 1. The van der Waals surface area contributed by atoms with Gasteiger partial charge in [-0.1, -0.05) is 28.1 Å². The van der Waals surface area contributed by atoms with Crippen LogP contribution in [0.3, 0.4) is 0 Å². The van der Waals surface area contributed by atoms with Crippen molar-refractivity contribution in [2.75, 3.05) is 0 Å². The van der Waals surface area contributed by atoms with Gasteiger partial charge >= 0.3 is 0 Å². The lowest BCUT2D eigenvalue weighted by atomic mass is 10.1. The van der Waals surface area contributed by atoms with E-state index in [1.165, 1.54) is 12.1 Å². The van der Waals surface area contributed by atoms with Crippen molar-refractivity contribution >= 4 is 27.3 Å². The van der Waals surface area contributed by atoms with Gasteiger partial charge in [-0.2, -0.15) is 0 Å². The highest BCUT2D eigenvalue weighted by Crippen LogP contribution is 2.29. The molecule has 0 radical (unpaired) electrons. The molecule has 0 saturated carbocycles. The maximum Gasteiger partial charge on any atom is 0.124 e. The van der Waals surface area contributed by atoms with E-state index in [-0.39, 0.29) is 11.9 Å². The molecule has 0 spiro atoms. The molecule has 1 heterocycles. The molecule has 0 fully saturated rings. The van der Waals surface area contributed by atoms with Crippen LogP contribution >= 0.6 is 27.3 Å². The Bertz CT molecular complexity index is 456. The SMILES string of the molecule is N[C@@H](c1cccs1)c1ccc(F)cc1Br. The van der Waals surface area contributed by atoms with Crippen LogP contribution in [0.4, 0.5) is 4.39 Å². The average Bonchev–Trinajstić information content (AvgIpc) is 2.69. The highest BCUT2D eigenvalue weighted by atomic mass is 79.9. The minimum atomic E-state index is -0.260. The monoisotopic (exact) mass is 285 g/mol. The average molecular weight is 286 g/mol. The van der Waals surface area contributed by atoms with E-state index < -0.39 is 0 Å². The fourth-order valence-corrected chi connectivity index (χ4v) is 2.72. The summed E-state index contributed by atoms with van der Waals surface area (Å²) in [4.78, 5) is 1.07. The zero-order valence-electron chi connectivity index (χ0n) is 7.78. The molecular formula is C11H9BrFNS. The Kier molecular flexibility index (Phi) is 3.19. The number of benzene rings is 1. The van der Waals surface area contributed by atoms with Crippen molar-refractivity contribution < 1.29 is 4.39 Å². The van der Waals surface area contributed by atoms with Crippen LogP contribution in [0, 0.1) is 5.82 Å². The Balaban J connectivity index is 2.38. The molecule has 4 heteroatoms. The number of thiophene rings is 1. The molecule has 2 N–H and O–H groups in total. The molecule has 1 nitrogen and oxygen atoms in total. The fraction of sp³-hybridized carbons (Fsp3) is 0.0909. The molecule has 0 aliphatic heterocycles. The summed E-state index contributed by atoms with van der Waals surface area (Å²) in [6.07, 6.45) is 0. The molecule has 2 rings (SSSR count). The summed E-state index contributed by atoms with van der Waals surface area (Å²) < 4.78 is 13.6. The summed E-state index contributed by atoms with van der Waals surface area (Å²) in [5, 5.41) is 1.98. The van der Waals surface area contributed by atoms with Gasteiger partial charge in [0.25, 0.3) is 0 Å². The first-order valence-corrected chi connectivity index (χ1v) is 6.09. The van der Waals surface area contributed by atoms with Gasteiger partial charge in [-0.25, -0.2) is 4.39 Å². The molecule has 0 bridgehead atoms. The Morgan fingerprint density at radius 1 is 1.33 bits per heavy atom. The van der Waals surface area contributed by atoms with Crippen LogP contribution in [0.1, 0.15) is 16.5 Å². The van der Waals surface area contributed by atoms with E-state index in [2.05, 4.69) is 15.9 Å². The van der Waals surface area contributed by atoms with Crippen molar-refractivity contribution in [2.45, 2.75) is 6.04 Å². The Hall–Kier alpha value is -0.710. The lowest BCUT2D eigenvalue weighted by Crippen LogP contribution is -2.10. The quantitative estimate of drug-likeness (QED) is 0.895. The first-order chi connectivity index (χ1) is 7.18. The molecule has 1 atom stereocenters. The van der Waals surface area contributed by atoms with E-state index in [9.17, 15) is 4.39 Å². The van der Waals surface area contributed by atoms with E-state index in [4.69, 9.17) is 5.73 Å². The van der Waals surface area contributed by atoms with Crippen LogP contribution < -0.4 is 5.73 Å². The van der Waals surface area contributed by atoms with E-state index in [0.29, 0.717) is 4.47 Å². The third-order valence-corrected chi connectivity index (χ3v) is 3.79. The minimum Gasteiger partial charge on any atom is -0.320 e. The third-order valence-electron chi connectivity index (χ3n) is 2.15. The van der Waals surface area contributed by atoms with Crippen molar-refractivity contribution in [1.82, 2.24) is 0 Å². The summed E-state index contributed by atoms with van der Waals surface area (Å²) in [5.41, 5.74) is 6.97. The Labute approximate surface area is 99.9 Å². The van der Waals surface area contributed by atoms with E-state index >= 15 is 0 Å². The van der Waals surface area contributed by atoms with Crippen LogP contribution in [-0.4, -0.2) is 0 Å². The van der Waals surface area contributed by atoms with Gasteiger partial charge in [0.15, 0.2) is 0 Å². The van der Waals surface area contributed by atoms with Crippen molar-refractivity contribution in [3.63, 3.8) is 0 Å². The predicted molar refractivity (Wildman–Crippen MR) is 64.4 cm³/mol. The first kappa shape index (κ1) is 10.8. The maximum atomic E-state index is 12.9. The number of hydrogen-bond acceptors (Lipinski definition) is 2. The lowest BCUT2D eigenvalue weighted by Gasteiger charge is -2.11. The lowest BCUT2D eigenvalue weighted by molar-refractivity contribution is 0.625. The number of hydrogen-bond donors (Lipinski definition) is 1. The third kappa shape index (κ3) is 2.27. The molecule has 0 amide bonds. The molecular weight excluding hydrogens is 277 g/mol. The fourth-order valence-electron chi connectivity index (χ4n) is 1.38. The van der Waals surface area contributed by atoms with Crippen LogP contribution in [0.15, 0.2) is 40.2 Å². The Morgan fingerprint density at radius 2 is 2.13 bits per heavy atom. The van der Waals surface area contributed by atoms with Gasteiger partial charge < -0.3 is 5.73 Å². The zero-order chi connectivity index (χ0) is 10.8. The van der Waals surface area contributed by atoms with Crippen LogP contribution in [0.25, 0.3) is 0 Å². The standard InChI is InChI=1S/C11H9BrFNS/c12-9-6-7(13)3-4-8(9)11(14)10-2-1-5-15-10/h1-6,11H,14H2/t11-/m1/s1. The van der Waals surface area contributed by atoms with Gasteiger partial charge in [0, 0.05) is 9.35 Å². The summed E-state index contributed by atoms with van der Waals surface area (Å²) >= 11 is 4.92. The molecule has 1 aromatic heterocycles. The molecule has 78 valence electrons. The zero-order valence-corrected chi connectivity index (χ0v) is 10.2. The van der Waals surface area contributed by atoms with Crippen LogP contribution in [-0.2, 0) is 0 Å². The predicted octanol–water partition coefficient (Wildman–Crippen LogP) is 3.70. The summed E-state index contributed by atoms with van der Waals surface area (Å²) in [5.74, 6) is -0.260. The van der Waals surface area contributed by atoms with Crippen molar-refractivity contribution in [1.29, 1.82) is 0 Å². The highest BCUT2D eigenvalue weighted by Gasteiger charge is 2.13. The summed E-state index contributed by atoms with van der Waals surface area (Å²) in [7, 11) is 0. The van der Waals surface area contributed by atoms with Gasteiger partial charge in [0.05, 0.1) is 6.04 Å². The van der Waals surface area contributed by atoms with Crippen molar-refractivity contribution in [3.8, 4) is 0 Å². The summed E-state index contributed by atoms with van der Waals surface area (Å²) in [6, 6.07) is 8.31. The molecule has 0 unspecified atom stereocenters. The van der Waals surface area contributed by atoms with E-state index in [1.54, 1.807) is 17.4 Å². The van der Waals surface area contributed by atoms with Crippen LogP contribution in [0.2, 0.25) is 0 Å². The normalized spacial score (nSPS) is 12.7. The first-order valence-electron chi connectivity index (χ1n) is 4.42. The van der Waals surface area contributed by atoms with Crippen molar-refractivity contribution in [2.24, 2.45) is 5.73 Å². The topological polar surface area (TPSA) is 26.0 Å². The van der Waals surface area contributed by atoms with E-state index in [0.717, 1.165) is 10.4 Å². The second-order valence-corrected chi connectivity index (χ2v) is 4.99. The van der Waals surface area contributed by atoms with Gasteiger partial charge in [0.1, 0.15) is 5.82 Å². The van der Waals surface area contributed by atoms with Crippen LogP contribution in [0.5, 0.6) is 0 Å². The van der Waals surface area contributed by atoms with Gasteiger partial charge in [-0.15, -0.1) is 11.3 Å². The molecule has 0 saturated heterocycles. The molecule has 2 aromatic rings. The highest BCUT2D eigenvalue weighted by molar-refractivity contribution is 9.10. The smallest absolute Gasteiger partial charge is 0.124 e. The Morgan fingerprint density at radius 3 is 2.73 bits per heavy atom. The molecule has 15 heavy (non-hydrogen) atoms. The second kappa shape index (κ2) is 4.43. The molecule has 0 aliphatic rings. The number of rotatable bonds is 2. The molecule has 1 aromatic carbocycles. The number of halogens is 2. The van der Waals surface area contributed by atoms with E-state index in [1.807, 2.05) is 17.5 Å². The van der Waals surface area contributed by atoms with Gasteiger partial charge in [-0.05, 0) is 29.1 Å². The maximum absolute atomic E-state index is 12.9.